The molecule has 124 valence electrons. The molecule has 1 aromatic heterocycles. The van der Waals surface area contributed by atoms with Crippen LogP contribution in [-0.4, -0.2) is 42.6 Å². The largest absolute Gasteiger partial charge is 0.493 e. The molecule has 0 aliphatic carbocycles. The topological polar surface area (TPSA) is 86.5 Å². The van der Waals surface area contributed by atoms with Gasteiger partial charge in [-0.1, -0.05) is 17.8 Å². The monoisotopic (exact) mass is 337 g/mol. The van der Waals surface area contributed by atoms with E-state index in [4.69, 9.17) is 13.9 Å². The van der Waals surface area contributed by atoms with Crippen molar-refractivity contribution in [1.82, 2.24) is 15.5 Å². The van der Waals surface area contributed by atoms with Gasteiger partial charge in [-0.05, 0) is 24.1 Å². The first-order chi connectivity index (χ1) is 11.1. The van der Waals surface area contributed by atoms with E-state index in [0.717, 1.165) is 5.56 Å². The number of rotatable bonds is 8. The Bertz CT molecular complexity index is 660. The normalized spacial score (nSPS) is 10.4. The number of ether oxygens (including phenoxy) is 2. The van der Waals surface area contributed by atoms with Crippen LogP contribution >= 0.6 is 11.8 Å². The third kappa shape index (κ3) is 5.17. The maximum atomic E-state index is 11.8. The summed E-state index contributed by atoms with van der Waals surface area (Å²) in [5.41, 5.74) is 1.06. The molecule has 7 nitrogen and oxygen atoms in total. The van der Waals surface area contributed by atoms with E-state index in [-0.39, 0.29) is 11.7 Å². The molecule has 1 N–H and O–H groups in total. The van der Waals surface area contributed by atoms with Crippen molar-refractivity contribution >= 4 is 17.7 Å². The van der Waals surface area contributed by atoms with E-state index < -0.39 is 0 Å². The Balaban J connectivity index is 1.74. The third-order valence-corrected chi connectivity index (χ3v) is 3.84. The molecule has 2 rings (SSSR count). The lowest BCUT2D eigenvalue weighted by molar-refractivity contribution is -0.118. The minimum absolute atomic E-state index is 0.0775. The lowest BCUT2D eigenvalue weighted by Gasteiger charge is -2.10. The molecule has 1 aromatic carbocycles. The summed E-state index contributed by atoms with van der Waals surface area (Å²) in [6.45, 7) is 2.25. The molecule has 0 bridgehead atoms. The first kappa shape index (κ1) is 17.1. The number of nitrogens with zero attached hydrogens (tertiary/aromatic N) is 2. The second kappa shape index (κ2) is 8.42. The smallest absolute Gasteiger partial charge is 0.277 e. The second-order valence-electron chi connectivity index (χ2n) is 4.66. The van der Waals surface area contributed by atoms with Crippen molar-refractivity contribution in [3.8, 4) is 11.5 Å². The maximum absolute atomic E-state index is 11.8. The number of amides is 1. The zero-order chi connectivity index (χ0) is 16.7. The molecular formula is C15H19N3O4S. The highest BCUT2D eigenvalue weighted by Gasteiger charge is 2.08. The molecule has 0 spiro atoms. The van der Waals surface area contributed by atoms with Crippen LogP contribution in [0.2, 0.25) is 0 Å². The van der Waals surface area contributed by atoms with E-state index in [0.29, 0.717) is 35.6 Å². The van der Waals surface area contributed by atoms with Crippen molar-refractivity contribution in [3.63, 3.8) is 0 Å². The molecule has 1 heterocycles. The summed E-state index contributed by atoms with van der Waals surface area (Å²) in [6, 6.07) is 5.70. The highest BCUT2D eigenvalue weighted by Crippen LogP contribution is 2.27. The van der Waals surface area contributed by atoms with Crippen LogP contribution in [0.1, 0.15) is 11.5 Å². The number of aromatic nitrogens is 2. The molecule has 0 aliphatic rings. The number of nitrogens with one attached hydrogen (secondary N) is 1. The Labute approximate surface area is 138 Å². The van der Waals surface area contributed by atoms with Crippen LogP contribution in [0.15, 0.2) is 27.8 Å². The van der Waals surface area contributed by atoms with Crippen molar-refractivity contribution < 1.29 is 18.7 Å². The molecule has 23 heavy (non-hydrogen) atoms. The molecule has 0 saturated carbocycles. The van der Waals surface area contributed by atoms with Crippen LogP contribution in [0.4, 0.5) is 0 Å². The summed E-state index contributed by atoms with van der Waals surface area (Å²) >= 11 is 1.22. The molecule has 0 fully saturated rings. The summed E-state index contributed by atoms with van der Waals surface area (Å²) in [5, 5.41) is 10.8. The Morgan fingerprint density at radius 1 is 1.26 bits per heavy atom. The van der Waals surface area contributed by atoms with Crippen molar-refractivity contribution in [1.29, 1.82) is 0 Å². The minimum Gasteiger partial charge on any atom is -0.493 e. The van der Waals surface area contributed by atoms with Gasteiger partial charge in [-0.3, -0.25) is 4.79 Å². The summed E-state index contributed by atoms with van der Waals surface area (Å²) in [4.78, 5) is 11.8. The highest BCUT2D eigenvalue weighted by molar-refractivity contribution is 7.99. The van der Waals surface area contributed by atoms with Crippen LogP contribution < -0.4 is 14.8 Å². The van der Waals surface area contributed by atoms with E-state index in [1.54, 1.807) is 21.1 Å². The van der Waals surface area contributed by atoms with Gasteiger partial charge in [-0.25, -0.2) is 0 Å². The first-order valence-corrected chi connectivity index (χ1v) is 8.01. The number of aryl methyl sites for hydroxylation is 1. The molecule has 8 heteroatoms. The predicted octanol–water partition coefficient (Wildman–Crippen LogP) is 1.85. The molecule has 0 atom stereocenters. The molecule has 0 saturated heterocycles. The number of hydrogen-bond acceptors (Lipinski definition) is 7. The first-order valence-electron chi connectivity index (χ1n) is 7.03. The van der Waals surface area contributed by atoms with Gasteiger partial charge in [0.25, 0.3) is 5.22 Å². The fraction of sp³-hybridized carbons (Fsp3) is 0.400. The quantitative estimate of drug-likeness (QED) is 0.736. The molecular weight excluding hydrogens is 318 g/mol. The third-order valence-electron chi connectivity index (χ3n) is 3.02. The molecule has 1 amide bonds. The zero-order valence-electron chi connectivity index (χ0n) is 13.3. The number of carbonyl (C=O) groups is 1. The standard InChI is InChI=1S/C15H19N3O4S/c1-10-17-18-15(22-10)23-9-14(19)16-7-6-11-4-5-12(20-2)13(8-11)21-3/h4-5,8H,6-7,9H2,1-3H3,(H,16,19). The average Bonchev–Trinajstić information content (AvgIpc) is 2.98. The van der Waals surface area contributed by atoms with Gasteiger partial charge < -0.3 is 19.2 Å². The predicted molar refractivity (Wildman–Crippen MR) is 86.0 cm³/mol. The zero-order valence-corrected chi connectivity index (χ0v) is 14.1. The Morgan fingerprint density at radius 2 is 2.04 bits per heavy atom. The van der Waals surface area contributed by atoms with Crippen LogP contribution in [0, 0.1) is 6.92 Å². The Kier molecular flexibility index (Phi) is 6.28. The van der Waals surface area contributed by atoms with Gasteiger partial charge in [0, 0.05) is 13.5 Å². The number of thioether (sulfide) groups is 1. The van der Waals surface area contributed by atoms with E-state index in [1.807, 2.05) is 18.2 Å². The van der Waals surface area contributed by atoms with Crippen molar-refractivity contribution in [2.75, 3.05) is 26.5 Å². The number of benzene rings is 1. The van der Waals surface area contributed by atoms with E-state index in [1.165, 1.54) is 11.8 Å². The Hall–Kier alpha value is -2.22. The van der Waals surface area contributed by atoms with Crippen LogP contribution in [0.25, 0.3) is 0 Å². The van der Waals surface area contributed by atoms with Gasteiger partial charge in [-0.2, -0.15) is 0 Å². The van der Waals surface area contributed by atoms with Gasteiger partial charge in [0.15, 0.2) is 11.5 Å². The number of hydrogen-bond donors (Lipinski definition) is 1. The summed E-state index contributed by atoms with van der Waals surface area (Å²) in [5.74, 6) is 2.02. The summed E-state index contributed by atoms with van der Waals surface area (Å²) in [6.07, 6.45) is 0.705. The molecule has 0 aliphatic heterocycles. The maximum Gasteiger partial charge on any atom is 0.277 e. The van der Waals surface area contributed by atoms with Crippen LogP contribution in [0.3, 0.4) is 0 Å². The average molecular weight is 337 g/mol. The van der Waals surface area contributed by atoms with E-state index >= 15 is 0 Å². The van der Waals surface area contributed by atoms with Crippen molar-refractivity contribution in [2.24, 2.45) is 0 Å². The summed E-state index contributed by atoms with van der Waals surface area (Å²) < 4.78 is 15.6. The van der Waals surface area contributed by atoms with E-state index in [2.05, 4.69) is 15.5 Å². The summed E-state index contributed by atoms with van der Waals surface area (Å²) in [7, 11) is 3.19. The fourth-order valence-electron chi connectivity index (χ4n) is 1.90. The van der Waals surface area contributed by atoms with Gasteiger partial charge in [0.05, 0.1) is 20.0 Å². The van der Waals surface area contributed by atoms with Gasteiger partial charge in [0.2, 0.25) is 11.8 Å². The number of methoxy groups -OCH3 is 2. The number of carbonyl (C=O) groups excluding carboxylic acids is 1. The van der Waals surface area contributed by atoms with Crippen LogP contribution in [-0.2, 0) is 11.2 Å². The minimum atomic E-state index is -0.0775. The lowest BCUT2D eigenvalue weighted by Crippen LogP contribution is -2.27. The molecule has 0 unspecified atom stereocenters. The Morgan fingerprint density at radius 3 is 2.70 bits per heavy atom. The van der Waals surface area contributed by atoms with E-state index in [9.17, 15) is 4.79 Å². The fourth-order valence-corrected chi connectivity index (χ4v) is 2.53. The highest BCUT2D eigenvalue weighted by atomic mass is 32.2. The lowest BCUT2D eigenvalue weighted by atomic mass is 10.1. The SMILES string of the molecule is COc1ccc(CCNC(=O)CSc2nnc(C)o2)cc1OC. The van der Waals surface area contributed by atoms with Gasteiger partial charge >= 0.3 is 0 Å². The molecule has 0 radical (unpaired) electrons. The van der Waals surface area contributed by atoms with Gasteiger partial charge in [-0.15, -0.1) is 10.2 Å². The second-order valence-corrected chi connectivity index (χ2v) is 5.59. The van der Waals surface area contributed by atoms with Crippen molar-refractivity contribution in [3.05, 3.63) is 29.7 Å². The molecule has 2 aromatic rings. The van der Waals surface area contributed by atoms with Crippen LogP contribution in [0.5, 0.6) is 11.5 Å². The van der Waals surface area contributed by atoms with Gasteiger partial charge in [0.1, 0.15) is 0 Å². The van der Waals surface area contributed by atoms with Crippen molar-refractivity contribution in [2.45, 2.75) is 18.6 Å².